The number of likely N-dealkylation sites (N-methyl/N-ethyl adjacent to an activating group) is 1. The second-order valence-electron chi connectivity index (χ2n) is 5.24. The standard InChI is InChI=1S/C13H21BrN2OS/c1-16(9-13(17)6-2-3-7-13)10(8-15)11-4-5-12(14)18-11/h4-5,10,17H,2-3,6-9,15H2,1H3. The summed E-state index contributed by atoms with van der Waals surface area (Å²) < 4.78 is 1.13. The van der Waals surface area contributed by atoms with Crippen molar-refractivity contribution in [3.8, 4) is 0 Å². The Morgan fingerprint density at radius 3 is 2.67 bits per heavy atom. The molecule has 0 saturated heterocycles. The maximum Gasteiger partial charge on any atom is 0.0774 e. The number of nitrogens with zero attached hydrogens (tertiary/aromatic N) is 1. The van der Waals surface area contributed by atoms with Crippen LogP contribution >= 0.6 is 27.3 Å². The van der Waals surface area contributed by atoms with Gasteiger partial charge in [0.25, 0.3) is 0 Å². The molecule has 1 unspecified atom stereocenters. The van der Waals surface area contributed by atoms with Crippen LogP contribution in [0, 0.1) is 0 Å². The first kappa shape index (κ1) is 14.5. The molecule has 1 aliphatic rings. The zero-order valence-corrected chi connectivity index (χ0v) is 13.1. The molecule has 3 nitrogen and oxygen atoms in total. The molecule has 1 aliphatic carbocycles. The van der Waals surface area contributed by atoms with Gasteiger partial charge in [0.15, 0.2) is 0 Å². The normalized spacial score (nSPS) is 20.5. The molecule has 0 spiro atoms. The average Bonchev–Trinajstić information content (AvgIpc) is 2.89. The van der Waals surface area contributed by atoms with Gasteiger partial charge in [-0.3, -0.25) is 4.90 Å². The van der Waals surface area contributed by atoms with Crippen molar-refractivity contribution in [2.24, 2.45) is 5.73 Å². The summed E-state index contributed by atoms with van der Waals surface area (Å²) in [6.45, 7) is 1.30. The van der Waals surface area contributed by atoms with E-state index >= 15 is 0 Å². The Bertz CT molecular complexity index is 390. The van der Waals surface area contributed by atoms with Crippen molar-refractivity contribution < 1.29 is 5.11 Å². The first-order chi connectivity index (χ1) is 8.54. The van der Waals surface area contributed by atoms with Crippen molar-refractivity contribution >= 4 is 27.3 Å². The summed E-state index contributed by atoms with van der Waals surface area (Å²) >= 11 is 5.21. The van der Waals surface area contributed by atoms with Crippen molar-refractivity contribution in [1.29, 1.82) is 0 Å². The van der Waals surface area contributed by atoms with Crippen LogP contribution in [0.25, 0.3) is 0 Å². The Labute approximate surface area is 121 Å². The Morgan fingerprint density at radius 1 is 1.50 bits per heavy atom. The van der Waals surface area contributed by atoms with Gasteiger partial charge in [-0.1, -0.05) is 12.8 Å². The summed E-state index contributed by atoms with van der Waals surface area (Å²) in [5.74, 6) is 0. The summed E-state index contributed by atoms with van der Waals surface area (Å²) in [5.41, 5.74) is 5.40. The van der Waals surface area contributed by atoms with Gasteiger partial charge in [-0.05, 0) is 48.0 Å². The zero-order chi connectivity index (χ0) is 13.2. The molecule has 0 bridgehead atoms. The molecule has 3 N–H and O–H groups in total. The predicted molar refractivity (Wildman–Crippen MR) is 79.9 cm³/mol. The number of rotatable bonds is 5. The van der Waals surface area contributed by atoms with Crippen molar-refractivity contribution in [2.75, 3.05) is 20.1 Å². The highest BCUT2D eigenvalue weighted by atomic mass is 79.9. The van der Waals surface area contributed by atoms with Crippen LogP contribution in [0.4, 0.5) is 0 Å². The quantitative estimate of drug-likeness (QED) is 0.871. The third-order valence-electron chi connectivity index (χ3n) is 3.76. The number of nitrogens with two attached hydrogens (primary N) is 1. The Morgan fingerprint density at radius 2 is 2.17 bits per heavy atom. The van der Waals surface area contributed by atoms with E-state index in [1.165, 1.54) is 4.88 Å². The Balaban J connectivity index is 2.03. The highest BCUT2D eigenvalue weighted by Gasteiger charge is 2.34. The number of aliphatic hydroxyl groups is 1. The summed E-state index contributed by atoms with van der Waals surface area (Å²) in [6, 6.07) is 4.37. The molecule has 1 fully saturated rings. The van der Waals surface area contributed by atoms with E-state index in [0.717, 1.165) is 29.5 Å². The minimum absolute atomic E-state index is 0.200. The van der Waals surface area contributed by atoms with E-state index in [2.05, 4.69) is 40.0 Å². The lowest BCUT2D eigenvalue weighted by atomic mass is 10.0. The maximum atomic E-state index is 10.5. The predicted octanol–water partition coefficient (Wildman–Crippen LogP) is 2.75. The summed E-state index contributed by atoms with van der Waals surface area (Å²) in [7, 11) is 2.06. The van der Waals surface area contributed by atoms with E-state index < -0.39 is 5.60 Å². The lowest BCUT2D eigenvalue weighted by molar-refractivity contribution is 0.00630. The molecular formula is C13H21BrN2OS. The van der Waals surface area contributed by atoms with Gasteiger partial charge in [0.2, 0.25) is 0 Å². The van der Waals surface area contributed by atoms with Crippen LogP contribution in [0.15, 0.2) is 15.9 Å². The van der Waals surface area contributed by atoms with Crippen molar-refractivity contribution in [1.82, 2.24) is 4.90 Å². The van der Waals surface area contributed by atoms with Gasteiger partial charge in [0, 0.05) is 18.0 Å². The molecule has 0 amide bonds. The van der Waals surface area contributed by atoms with E-state index in [0.29, 0.717) is 13.1 Å². The molecule has 1 aromatic rings. The summed E-state index contributed by atoms with van der Waals surface area (Å²) in [6.07, 6.45) is 4.12. The van der Waals surface area contributed by atoms with E-state index in [4.69, 9.17) is 5.73 Å². The molecule has 5 heteroatoms. The van der Waals surface area contributed by atoms with Crippen molar-refractivity contribution in [3.63, 3.8) is 0 Å². The first-order valence-electron chi connectivity index (χ1n) is 6.42. The van der Waals surface area contributed by atoms with Crippen molar-refractivity contribution in [3.05, 3.63) is 20.8 Å². The molecule has 0 radical (unpaired) electrons. The fraction of sp³-hybridized carbons (Fsp3) is 0.692. The van der Waals surface area contributed by atoms with Crippen LogP contribution in [0.2, 0.25) is 0 Å². The minimum atomic E-state index is -0.503. The van der Waals surface area contributed by atoms with Gasteiger partial charge >= 0.3 is 0 Å². The fourth-order valence-electron chi connectivity index (χ4n) is 2.79. The molecule has 0 aromatic carbocycles. The monoisotopic (exact) mass is 332 g/mol. The molecule has 1 saturated carbocycles. The van der Waals surface area contributed by atoms with Gasteiger partial charge in [0.05, 0.1) is 15.4 Å². The van der Waals surface area contributed by atoms with Crippen LogP contribution in [0.3, 0.4) is 0 Å². The molecule has 102 valence electrons. The van der Waals surface area contributed by atoms with Crippen molar-refractivity contribution in [2.45, 2.75) is 37.3 Å². The molecule has 1 aromatic heterocycles. The van der Waals surface area contributed by atoms with E-state index in [-0.39, 0.29) is 6.04 Å². The highest BCUT2D eigenvalue weighted by molar-refractivity contribution is 9.11. The number of halogens is 1. The lowest BCUT2D eigenvalue weighted by Gasteiger charge is -2.33. The largest absolute Gasteiger partial charge is 0.389 e. The molecule has 2 rings (SSSR count). The SMILES string of the molecule is CN(CC1(O)CCCC1)C(CN)c1ccc(Br)s1. The lowest BCUT2D eigenvalue weighted by Crippen LogP contribution is -2.42. The molecule has 1 atom stereocenters. The Kier molecular flexibility index (Phi) is 4.83. The second-order valence-corrected chi connectivity index (χ2v) is 7.73. The van der Waals surface area contributed by atoms with Crippen LogP contribution in [0.5, 0.6) is 0 Å². The van der Waals surface area contributed by atoms with Gasteiger partial charge in [-0.15, -0.1) is 11.3 Å². The highest BCUT2D eigenvalue weighted by Crippen LogP contribution is 2.34. The smallest absolute Gasteiger partial charge is 0.0774 e. The number of thiophene rings is 1. The average molecular weight is 333 g/mol. The first-order valence-corrected chi connectivity index (χ1v) is 8.03. The van der Waals surface area contributed by atoms with Crippen LogP contribution < -0.4 is 5.73 Å². The molecule has 18 heavy (non-hydrogen) atoms. The minimum Gasteiger partial charge on any atom is -0.389 e. The third-order valence-corrected chi connectivity index (χ3v) is 5.48. The van der Waals surface area contributed by atoms with Gasteiger partial charge in [0.1, 0.15) is 0 Å². The van der Waals surface area contributed by atoms with Gasteiger partial charge < -0.3 is 10.8 Å². The van der Waals surface area contributed by atoms with Gasteiger partial charge in [-0.2, -0.15) is 0 Å². The summed E-state index contributed by atoms with van der Waals surface area (Å²) in [5, 5.41) is 10.5. The van der Waals surface area contributed by atoms with E-state index in [1.54, 1.807) is 11.3 Å². The molecular weight excluding hydrogens is 312 g/mol. The number of hydrogen-bond acceptors (Lipinski definition) is 4. The van der Waals surface area contributed by atoms with Crippen LogP contribution in [-0.4, -0.2) is 35.7 Å². The number of hydrogen-bond donors (Lipinski definition) is 2. The van der Waals surface area contributed by atoms with Gasteiger partial charge in [-0.25, -0.2) is 0 Å². The van der Waals surface area contributed by atoms with Crippen LogP contribution in [0.1, 0.15) is 36.6 Å². The zero-order valence-electron chi connectivity index (χ0n) is 10.7. The molecule has 0 aliphatic heterocycles. The fourth-order valence-corrected chi connectivity index (χ4v) is 4.39. The topological polar surface area (TPSA) is 49.5 Å². The van der Waals surface area contributed by atoms with E-state index in [9.17, 15) is 5.11 Å². The van der Waals surface area contributed by atoms with E-state index in [1.807, 2.05) is 0 Å². The third kappa shape index (κ3) is 3.33. The van der Waals surface area contributed by atoms with Crippen LogP contribution in [-0.2, 0) is 0 Å². The second kappa shape index (κ2) is 6.01. The Hall–Kier alpha value is 0.0600. The molecule has 1 heterocycles. The maximum absolute atomic E-state index is 10.5. The summed E-state index contributed by atoms with van der Waals surface area (Å²) in [4.78, 5) is 3.46.